The summed E-state index contributed by atoms with van der Waals surface area (Å²) >= 11 is 1.14. The van der Waals surface area contributed by atoms with Gasteiger partial charge in [-0.1, -0.05) is 6.07 Å². The number of carbonyl (C=O) groups excluding carboxylic acids is 3. The van der Waals surface area contributed by atoms with Gasteiger partial charge in [-0.05, 0) is 12.1 Å². The fourth-order valence-electron chi connectivity index (χ4n) is 2.91. The molecular weight excluding hydrogens is 398 g/mol. The van der Waals surface area contributed by atoms with Gasteiger partial charge in [-0.15, -0.1) is 11.8 Å². The summed E-state index contributed by atoms with van der Waals surface area (Å²) in [5.74, 6) is -5.84. The van der Waals surface area contributed by atoms with Gasteiger partial charge in [0.2, 0.25) is 0 Å². The van der Waals surface area contributed by atoms with Crippen molar-refractivity contribution in [3.05, 3.63) is 46.7 Å². The van der Waals surface area contributed by atoms with E-state index in [9.17, 15) is 33.1 Å². The van der Waals surface area contributed by atoms with E-state index in [0.717, 1.165) is 34.9 Å². The molecule has 0 spiro atoms. The van der Waals surface area contributed by atoms with Gasteiger partial charge in [0.05, 0.1) is 0 Å². The molecule has 1 aromatic carbocycles. The van der Waals surface area contributed by atoms with E-state index in [4.69, 9.17) is 4.74 Å². The highest BCUT2D eigenvalue weighted by molar-refractivity contribution is 8.00. The van der Waals surface area contributed by atoms with Crippen LogP contribution >= 0.6 is 11.8 Å². The van der Waals surface area contributed by atoms with Gasteiger partial charge in [-0.2, -0.15) is 0 Å². The third-order valence-electron chi connectivity index (χ3n) is 4.18. The van der Waals surface area contributed by atoms with Gasteiger partial charge in [0.15, 0.2) is 0 Å². The molecule has 2 N–H and O–H groups in total. The molecule has 148 valence electrons. The van der Waals surface area contributed by atoms with Crippen molar-refractivity contribution in [1.29, 1.82) is 0 Å². The molecule has 0 radical (unpaired) electrons. The van der Waals surface area contributed by atoms with Gasteiger partial charge in [-0.3, -0.25) is 19.3 Å². The van der Waals surface area contributed by atoms with E-state index >= 15 is 0 Å². The Balaban J connectivity index is 1.79. The lowest BCUT2D eigenvalue weighted by molar-refractivity contribution is -0.149. The SMILES string of the molecule is CC(=O)OCC1=C(C(=O)O)N2C(=O)[C@@H](NC(=O)c3c(F)cccc3F)[C@@H]2SC1. The third-order valence-corrected chi connectivity index (χ3v) is 5.52. The minimum absolute atomic E-state index is 0.143. The third kappa shape index (κ3) is 3.44. The van der Waals surface area contributed by atoms with Crippen molar-refractivity contribution in [3.8, 4) is 0 Å². The zero-order valence-corrected chi connectivity index (χ0v) is 15.2. The van der Waals surface area contributed by atoms with Gasteiger partial charge < -0.3 is 15.2 Å². The number of thioether (sulfide) groups is 1. The smallest absolute Gasteiger partial charge is 0.352 e. The van der Waals surface area contributed by atoms with Crippen LogP contribution in [0.25, 0.3) is 0 Å². The number of esters is 1. The fraction of sp³-hybridized carbons (Fsp3) is 0.294. The van der Waals surface area contributed by atoms with Crippen LogP contribution in [-0.4, -0.2) is 57.5 Å². The molecule has 0 aliphatic carbocycles. The van der Waals surface area contributed by atoms with E-state index in [1.165, 1.54) is 6.92 Å². The molecule has 11 heteroatoms. The number of carbonyl (C=O) groups is 4. The molecule has 28 heavy (non-hydrogen) atoms. The van der Waals surface area contributed by atoms with Crippen molar-refractivity contribution < 1.29 is 37.8 Å². The van der Waals surface area contributed by atoms with Gasteiger partial charge in [0, 0.05) is 18.2 Å². The lowest BCUT2D eigenvalue weighted by atomic mass is 10.0. The molecule has 2 atom stereocenters. The second-order valence-corrected chi connectivity index (χ2v) is 7.10. The highest BCUT2D eigenvalue weighted by Crippen LogP contribution is 2.40. The zero-order chi connectivity index (χ0) is 20.6. The number of fused-ring (bicyclic) bond motifs is 1. The summed E-state index contributed by atoms with van der Waals surface area (Å²) in [4.78, 5) is 48.2. The van der Waals surface area contributed by atoms with Crippen LogP contribution in [0.2, 0.25) is 0 Å². The molecule has 2 amide bonds. The predicted molar refractivity (Wildman–Crippen MR) is 92.0 cm³/mol. The van der Waals surface area contributed by atoms with E-state index in [-0.39, 0.29) is 23.6 Å². The Morgan fingerprint density at radius 2 is 1.96 bits per heavy atom. The molecule has 2 aliphatic heterocycles. The Labute approximate surface area is 161 Å². The van der Waals surface area contributed by atoms with Crippen molar-refractivity contribution >= 4 is 35.5 Å². The fourth-order valence-corrected chi connectivity index (χ4v) is 4.24. The minimum Gasteiger partial charge on any atom is -0.477 e. The molecule has 1 fully saturated rings. The van der Waals surface area contributed by atoms with E-state index in [1.54, 1.807) is 0 Å². The summed E-state index contributed by atoms with van der Waals surface area (Å²) in [7, 11) is 0. The summed E-state index contributed by atoms with van der Waals surface area (Å²) in [6.45, 7) is 0.889. The lowest BCUT2D eigenvalue weighted by Gasteiger charge is -2.49. The Morgan fingerprint density at radius 3 is 2.54 bits per heavy atom. The first-order chi connectivity index (χ1) is 13.2. The number of nitrogens with zero attached hydrogens (tertiary/aromatic N) is 1. The number of benzene rings is 1. The van der Waals surface area contributed by atoms with Crippen LogP contribution in [0.5, 0.6) is 0 Å². The monoisotopic (exact) mass is 412 g/mol. The predicted octanol–water partition coefficient (Wildman–Crippen LogP) is 0.880. The quantitative estimate of drug-likeness (QED) is 0.545. The molecule has 0 saturated carbocycles. The molecule has 1 saturated heterocycles. The van der Waals surface area contributed by atoms with Crippen LogP contribution in [0.1, 0.15) is 17.3 Å². The van der Waals surface area contributed by atoms with Gasteiger partial charge in [0.25, 0.3) is 11.8 Å². The first kappa shape index (κ1) is 19.8. The summed E-state index contributed by atoms with van der Waals surface area (Å²) < 4.78 is 32.3. The second kappa shape index (κ2) is 7.58. The number of carboxylic acids is 1. The maximum absolute atomic E-state index is 13.7. The first-order valence-corrected chi connectivity index (χ1v) is 9.05. The Hall–Kier alpha value is -2.95. The highest BCUT2D eigenvalue weighted by Gasteiger charge is 2.54. The lowest BCUT2D eigenvalue weighted by Crippen LogP contribution is -2.70. The number of hydrogen-bond acceptors (Lipinski definition) is 6. The van der Waals surface area contributed by atoms with E-state index < -0.39 is 52.4 Å². The van der Waals surface area contributed by atoms with Crippen LogP contribution in [0.4, 0.5) is 8.78 Å². The molecule has 8 nitrogen and oxygen atoms in total. The van der Waals surface area contributed by atoms with Crippen molar-refractivity contribution in [2.45, 2.75) is 18.3 Å². The van der Waals surface area contributed by atoms with E-state index in [0.29, 0.717) is 0 Å². The number of β-lactam (4-membered cyclic amide) rings is 1. The van der Waals surface area contributed by atoms with Crippen molar-refractivity contribution in [1.82, 2.24) is 10.2 Å². The normalized spacial score (nSPS) is 21.0. The Morgan fingerprint density at radius 1 is 1.32 bits per heavy atom. The number of amides is 2. The Kier molecular flexibility index (Phi) is 5.36. The molecule has 0 unspecified atom stereocenters. The molecule has 2 heterocycles. The largest absolute Gasteiger partial charge is 0.477 e. The molecule has 0 bridgehead atoms. The van der Waals surface area contributed by atoms with E-state index in [2.05, 4.69) is 5.32 Å². The van der Waals surface area contributed by atoms with Crippen molar-refractivity contribution in [2.75, 3.05) is 12.4 Å². The number of rotatable bonds is 5. The number of aliphatic carboxylic acids is 1. The topological polar surface area (TPSA) is 113 Å². The number of halogens is 2. The van der Waals surface area contributed by atoms with Crippen molar-refractivity contribution in [2.24, 2.45) is 0 Å². The standard InChI is InChI=1S/C17H14F2N2O6S/c1-7(22)27-5-8-6-28-16-12(15(24)21(16)13(8)17(25)26)20-14(23)11-9(18)3-2-4-10(11)19/h2-4,12,16H,5-6H2,1H3,(H,20,23)(H,25,26)/t12-,16+/m1/s1. The van der Waals surface area contributed by atoms with Crippen LogP contribution in [0.3, 0.4) is 0 Å². The van der Waals surface area contributed by atoms with Gasteiger partial charge >= 0.3 is 11.9 Å². The molecular formula is C17H14F2N2O6S. The molecule has 0 aromatic heterocycles. The second-order valence-electron chi connectivity index (χ2n) is 6.00. The zero-order valence-electron chi connectivity index (χ0n) is 14.4. The highest BCUT2D eigenvalue weighted by atomic mass is 32.2. The molecule has 1 aromatic rings. The van der Waals surface area contributed by atoms with E-state index in [1.807, 2.05) is 0 Å². The summed E-state index contributed by atoms with van der Waals surface area (Å²) in [6.07, 6.45) is 0. The van der Waals surface area contributed by atoms with Crippen LogP contribution < -0.4 is 5.32 Å². The summed E-state index contributed by atoms with van der Waals surface area (Å²) in [6, 6.07) is 1.79. The Bertz CT molecular complexity index is 899. The molecule has 3 rings (SSSR count). The summed E-state index contributed by atoms with van der Waals surface area (Å²) in [5, 5.41) is 10.9. The van der Waals surface area contributed by atoms with Crippen LogP contribution in [0.15, 0.2) is 29.5 Å². The van der Waals surface area contributed by atoms with Crippen molar-refractivity contribution in [3.63, 3.8) is 0 Å². The van der Waals surface area contributed by atoms with Gasteiger partial charge in [0.1, 0.15) is 40.9 Å². The van der Waals surface area contributed by atoms with Crippen LogP contribution in [0, 0.1) is 11.6 Å². The maximum atomic E-state index is 13.7. The minimum atomic E-state index is -1.38. The number of ether oxygens (including phenoxy) is 1. The van der Waals surface area contributed by atoms with Gasteiger partial charge in [-0.25, -0.2) is 13.6 Å². The maximum Gasteiger partial charge on any atom is 0.352 e. The first-order valence-electron chi connectivity index (χ1n) is 8.00. The summed E-state index contributed by atoms with van der Waals surface area (Å²) in [5.41, 5.74) is -0.904. The average molecular weight is 412 g/mol. The van der Waals surface area contributed by atoms with Crippen LogP contribution in [-0.2, 0) is 19.1 Å². The number of hydrogen-bond donors (Lipinski definition) is 2. The average Bonchev–Trinajstić information content (AvgIpc) is 2.63. The number of carboxylic acid groups (broad SMARTS) is 1. The molecule has 2 aliphatic rings. The number of nitrogens with one attached hydrogen (secondary N) is 1.